The molecule has 0 N–H and O–H groups in total. The van der Waals surface area contributed by atoms with E-state index >= 15 is 0 Å². The molecular weight excluding hydrogens is 208 g/mol. The quantitative estimate of drug-likeness (QED) is 0.447. The van der Waals surface area contributed by atoms with E-state index in [1.54, 1.807) is 6.26 Å². The van der Waals surface area contributed by atoms with Crippen molar-refractivity contribution in [3.63, 3.8) is 0 Å². The van der Waals surface area contributed by atoms with E-state index in [0.29, 0.717) is 0 Å². The third kappa shape index (κ3) is 5.58. The number of aryl methyl sites for hydroxylation is 1. The molecule has 0 atom stereocenters. The second kappa shape index (κ2) is 8.86. The van der Waals surface area contributed by atoms with Gasteiger partial charge in [-0.2, -0.15) is 0 Å². The fourth-order valence-electron chi connectivity index (χ4n) is 1.89. The second-order valence-corrected chi connectivity index (χ2v) is 4.36. The molecule has 0 saturated carbocycles. The normalized spacial score (nSPS) is 10.9. The molecule has 0 spiro atoms. The fraction of sp³-hybridized carbons (Fsp3) is 0.500. The van der Waals surface area contributed by atoms with Gasteiger partial charge in [0.25, 0.3) is 0 Å². The fourth-order valence-corrected chi connectivity index (χ4v) is 1.89. The van der Waals surface area contributed by atoms with Crippen molar-refractivity contribution in [3.8, 4) is 5.75 Å². The Morgan fingerprint density at radius 3 is 2.59 bits per heavy atom. The number of hydrogen-bond acceptors (Lipinski definition) is 1. The molecule has 94 valence electrons. The Bertz CT molecular complexity index is 328. The lowest BCUT2D eigenvalue weighted by molar-refractivity contribution is 0.472. The molecule has 1 aromatic rings. The summed E-state index contributed by atoms with van der Waals surface area (Å²) in [6.07, 6.45) is 11.4. The van der Waals surface area contributed by atoms with Crippen molar-refractivity contribution >= 4 is 0 Å². The van der Waals surface area contributed by atoms with Gasteiger partial charge in [-0.05, 0) is 31.4 Å². The van der Waals surface area contributed by atoms with E-state index in [1.165, 1.54) is 37.7 Å². The molecule has 0 unspecified atom stereocenters. The first-order chi connectivity index (χ1) is 8.38. The van der Waals surface area contributed by atoms with Crippen LogP contribution in [0, 0.1) is 0 Å². The Balaban J connectivity index is 2.40. The first-order valence-electron chi connectivity index (χ1n) is 6.74. The number of rotatable bonds is 8. The predicted octanol–water partition coefficient (Wildman–Crippen LogP) is 5.11. The van der Waals surface area contributed by atoms with Crippen LogP contribution in [0.4, 0.5) is 0 Å². The summed E-state index contributed by atoms with van der Waals surface area (Å²) in [7, 11) is 0. The van der Waals surface area contributed by atoms with E-state index in [0.717, 1.165) is 12.2 Å². The predicted molar refractivity (Wildman–Crippen MR) is 74.3 cm³/mol. The Kier molecular flexibility index (Phi) is 7.20. The van der Waals surface area contributed by atoms with Gasteiger partial charge >= 0.3 is 0 Å². The molecule has 0 bridgehead atoms. The molecule has 1 aromatic carbocycles. The van der Waals surface area contributed by atoms with Crippen molar-refractivity contribution in [2.24, 2.45) is 0 Å². The van der Waals surface area contributed by atoms with Crippen LogP contribution in [-0.2, 0) is 6.42 Å². The summed E-state index contributed by atoms with van der Waals surface area (Å²) < 4.78 is 5.58. The van der Waals surface area contributed by atoms with Crippen molar-refractivity contribution < 1.29 is 4.74 Å². The highest BCUT2D eigenvalue weighted by atomic mass is 16.5. The van der Waals surface area contributed by atoms with Gasteiger partial charge in [0.1, 0.15) is 5.75 Å². The van der Waals surface area contributed by atoms with Crippen LogP contribution >= 0.6 is 0 Å². The first-order valence-corrected chi connectivity index (χ1v) is 6.74. The van der Waals surface area contributed by atoms with E-state index in [-0.39, 0.29) is 0 Å². The Morgan fingerprint density at radius 1 is 1.06 bits per heavy atom. The van der Waals surface area contributed by atoms with Crippen molar-refractivity contribution in [3.05, 3.63) is 42.2 Å². The maximum Gasteiger partial charge on any atom is 0.129 e. The van der Waals surface area contributed by atoms with Crippen LogP contribution < -0.4 is 4.74 Å². The molecule has 0 aliphatic carbocycles. The highest BCUT2D eigenvalue weighted by Crippen LogP contribution is 2.20. The van der Waals surface area contributed by atoms with Crippen molar-refractivity contribution in [1.29, 1.82) is 0 Å². The third-order valence-electron chi connectivity index (χ3n) is 2.85. The van der Waals surface area contributed by atoms with Crippen LogP contribution in [0.15, 0.2) is 36.6 Å². The molecule has 0 fully saturated rings. The average Bonchev–Trinajstić information content (AvgIpc) is 2.37. The lowest BCUT2D eigenvalue weighted by Crippen LogP contribution is -1.91. The lowest BCUT2D eigenvalue weighted by Gasteiger charge is -2.08. The number of ether oxygens (including phenoxy) is 1. The van der Waals surface area contributed by atoms with Crippen LogP contribution in [0.1, 0.15) is 51.5 Å². The zero-order valence-corrected chi connectivity index (χ0v) is 11.1. The van der Waals surface area contributed by atoms with Crippen LogP contribution in [0.2, 0.25) is 0 Å². The monoisotopic (exact) mass is 232 g/mol. The summed E-state index contributed by atoms with van der Waals surface area (Å²) in [6, 6.07) is 8.32. The van der Waals surface area contributed by atoms with Gasteiger partial charge in [-0.25, -0.2) is 0 Å². The maximum atomic E-state index is 5.58. The second-order valence-electron chi connectivity index (χ2n) is 4.36. The minimum atomic E-state index is 1.00. The Morgan fingerprint density at radius 2 is 1.82 bits per heavy atom. The number of hydrogen-bond donors (Lipinski definition) is 0. The van der Waals surface area contributed by atoms with E-state index in [2.05, 4.69) is 19.1 Å². The first kappa shape index (κ1) is 13.8. The average molecular weight is 232 g/mol. The van der Waals surface area contributed by atoms with E-state index < -0.39 is 0 Å². The highest BCUT2D eigenvalue weighted by molar-refractivity contribution is 5.33. The zero-order valence-electron chi connectivity index (χ0n) is 11.1. The largest absolute Gasteiger partial charge is 0.465 e. The van der Waals surface area contributed by atoms with Crippen molar-refractivity contribution in [2.45, 2.75) is 52.4 Å². The van der Waals surface area contributed by atoms with Crippen LogP contribution in [0.25, 0.3) is 0 Å². The SMILES string of the molecule is CC=COc1ccccc1CCCCCCC. The van der Waals surface area contributed by atoms with Gasteiger partial charge < -0.3 is 4.74 Å². The number of para-hydroxylation sites is 1. The number of allylic oxidation sites excluding steroid dienone is 1. The standard InChI is InChI=1S/C16H24O/c1-3-5-6-7-8-11-15-12-9-10-13-16(15)17-14-4-2/h4,9-10,12-14H,3,5-8,11H2,1-2H3. The lowest BCUT2D eigenvalue weighted by atomic mass is 10.0. The molecule has 1 nitrogen and oxygen atoms in total. The Labute approximate surface area is 106 Å². The minimum Gasteiger partial charge on any atom is -0.465 e. The van der Waals surface area contributed by atoms with Gasteiger partial charge in [0.05, 0.1) is 6.26 Å². The molecule has 0 heterocycles. The maximum absolute atomic E-state index is 5.58. The minimum absolute atomic E-state index is 1.00. The highest BCUT2D eigenvalue weighted by Gasteiger charge is 2.01. The number of unbranched alkanes of at least 4 members (excludes halogenated alkanes) is 4. The van der Waals surface area contributed by atoms with Crippen molar-refractivity contribution in [1.82, 2.24) is 0 Å². The van der Waals surface area contributed by atoms with Crippen LogP contribution in [0.5, 0.6) is 5.75 Å². The molecule has 0 aromatic heterocycles. The van der Waals surface area contributed by atoms with E-state index in [9.17, 15) is 0 Å². The molecule has 0 aliphatic rings. The van der Waals surface area contributed by atoms with Gasteiger partial charge in [-0.1, -0.05) is 56.9 Å². The smallest absolute Gasteiger partial charge is 0.129 e. The molecule has 17 heavy (non-hydrogen) atoms. The van der Waals surface area contributed by atoms with E-state index in [4.69, 9.17) is 4.74 Å². The van der Waals surface area contributed by atoms with Gasteiger partial charge in [-0.15, -0.1) is 0 Å². The molecule has 0 aliphatic heterocycles. The summed E-state index contributed by atoms with van der Waals surface area (Å²) >= 11 is 0. The van der Waals surface area contributed by atoms with Crippen molar-refractivity contribution in [2.75, 3.05) is 0 Å². The summed E-state index contributed by atoms with van der Waals surface area (Å²) in [6.45, 7) is 4.22. The molecule has 0 radical (unpaired) electrons. The molecule has 1 heteroatoms. The molecule has 0 saturated heterocycles. The summed E-state index contributed by atoms with van der Waals surface area (Å²) in [5, 5.41) is 0. The Hall–Kier alpha value is -1.24. The molecule has 0 amide bonds. The zero-order chi connectivity index (χ0) is 12.3. The van der Waals surface area contributed by atoms with Crippen LogP contribution in [-0.4, -0.2) is 0 Å². The van der Waals surface area contributed by atoms with E-state index in [1.807, 2.05) is 25.1 Å². The van der Waals surface area contributed by atoms with Gasteiger partial charge in [-0.3, -0.25) is 0 Å². The van der Waals surface area contributed by atoms with Gasteiger partial charge in [0.15, 0.2) is 0 Å². The topological polar surface area (TPSA) is 9.23 Å². The number of benzene rings is 1. The molecule has 1 rings (SSSR count). The summed E-state index contributed by atoms with van der Waals surface area (Å²) in [4.78, 5) is 0. The van der Waals surface area contributed by atoms with Crippen LogP contribution in [0.3, 0.4) is 0 Å². The summed E-state index contributed by atoms with van der Waals surface area (Å²) in [5.74, 6) is 1.00. The van der Waals surface area contributed by atoms with Gasteiger partial charge in [0, 0.05) is 0 Å². The summed E-state index contributed by atoms with van der Waals surface area (Å²) in [5.41, 5.74) is 1.32. The molecular formula is C16H24O. The third-order valence-corrected chi connectivity index (χ3v) is 2.85. The van der Waals surface area contributed by atoms with Gasteiger partial charge in [0.2, 0.25) is 0 Å².